The van der Waals surface area contributed by atoms with Gasteiger partial charge in [0.15, 0.2) is 0 Å². The van der Waals surface area contributed by atoms with Crippen LogP contribution in [0, 0.1) is 11.3 Å². The Morgan fingerprint density at radius 2 is 1.81 bits per heavy atom. The zero-order valence-corrected chi connectivity index (χ0v) is 13.9. The Kier molecular flexibility index (Phi) is 3.77. The molecule has 0 saturated heterocycles. The van der Waals surface area contributed by atoms with Crippen molar-refractivity contribution in [2.75, 3.05) is 18.0 Å². The lowest BCUT2D eigenvalue weighted by molar-refractivity contribution is 0.157. The van der Waals surface area contributed by atoms with E-state index in [1.807, 2.05) is 0 Å². The van der Waals surface area contributed by atoms with Gasteiger partial charge in [-0.15, -0.1) is 0 Å². The van der Waals surface area contributed by atoms with Crippen molar-refractivity contribution in [3.63, 3.8) is 0 Å². The minimum Gasteiger partial charge on any atom is -0.364 e. The summed E-state index contributed by atoms with van der Waals surface area (Å²) >= 11 is 0. The van der Waals surface area contributed by atoms with Crippen LogP contribution in [0.1, 0.15) is 52.0 Å². The number of rotatable bonds is 2. The number of fused-ring (bicyclic) bond motifs is 1. The molecular formula is C19H30N2. The highest BCUT2D eigenvalue weighted by Gasteiger charge is 2.43. The third kappa shape index (κ3) is 2.70. The van der Waals surface area contributed by atoms with E-state index in [0.717, 1.165) is 19.0 Å². The molecule has 1 fully saturated rings. The zero-order chi connectivity index (χ0) is 15.1. The number of nitrogens with two attached hydrogens (primary N) is 1. The van der Waals surface area contributed by atoms with Crippen LogP contribution in [0.25, 0.3) is 0 Å². The lowest BCUT2D eigenvalue weighted by Gasteiger charge is -2.53. The van der Waals surface area contributed by atoms with E-state index in [1.165, 1.54) is 43.4 Å². The van der Waals surface area contributed by atoms with Gasteiger partial charge < -0.3 is 10.6 Å². The fourth-order valence-electron chi connectivity index (χ4n) is 4.22. The Hall–Kier alpha value is -1.02. The first kappa shape index (κ1) is 14.9. The number of benzene rings is 1. The van der Waals surface area contributed by atoms with Crippen LogP contribution in [0.5, 0.6) is 0 Å². The molecule has 0 amide bonds. The summed E-state index contributed by atoms with van der Waals surface area (Å²) in [4.78, 5) is 2.67. The van der Waals surface area contributed by atoms with Crippen molar-refractivity contribution in [1.82, 2.24) is 0 Å². The maximum atomic E-state index is 6.32. The minimum absolute atomic E-state index is 0.181. The fourth-order valence-corrected chi connectivity index (χ4v) is 4.22. The highest BCUT2D eigenvalue weighted by atomic mass is 15.2. The highest BCUT2D eigenvalue weighted by Crippen LogP contribution is 2.46. The third-order valence-electron chi connectivity index (χ3n) is 5.83. The molecule has 0 bridgehead atoms. The first-order chi connectivity index (χ1) is 9.96. The van der Waals surface area contributed by atoms with E-state index in [0.29, 0.717) is 5.41 Å². The molecule has 1 heterocycles. The maximum absolute atomic E-state index is 6.32. The van der Waals surface area contributed by atoms with Gasteiger partial charge in [-0.1, -0.05) is 39.0 Å². The monoisotopic (exact) mass is 286 g/mol. The molecule has 3 rings (SSSR count). The van der Waals surface area contributed by atoms with Gasteiger partial charge in [-0.3, -0.25) is 0 Å². The summed E-state index contributed by atoms with van der Waals surface area (Å²) in [6.07, 6.45) is 6.25. The van der Waals surface area contributed by atoms with Gasteiger partial charge in [0.1, 0.15) is 0 Å². The van der Waals surface area contributed by atoms with Gasteiger partial charge in [0.25, 0.3) is 0 Å². The maximum Gasteiger partial charge on any atom is 0.0524 e. The molecule has 1 aromatic rings. The normalized spacial score (nSPS) is 27.2. The predicted octanol–water partition coefficient (Wildman–Crippen LogP) is 3.98. The van der Waals surface area contributed by atoms with Crippen molar-refractivity contribution in [2.45, 2.75) is 58.4 Å². The van der Waals surface area contributed by atoms with Crippen LogP contribution in [0.2, 0.25) is 0 Å². The first-order valence-corrected chi connectivity index (χ1v) is 8.51. The Bertz CT molecular complexity index is 496. The van der Waals surface area contributed by atoms with Crippen LogP contribution in [-0.4, -0.2) is 18.6 Å². The van der Waals surface area contributed by atoms with Gasteiger partial charge in [0, 0.05) is 18.8 Å². The first-order valence-electron chi connectivity index (χ1n) is 8.51. The average molecular weight is 286 g/mol. The van der Waals surface area contributed by atoms with Crippen molar-refractivity contribution in [3.8, 4) is 0 Å². The molecule has 2 aliphatic rings. The molecule has 2 heteroatoms. The zero-order valence-electron chi connectivity index (χ0n) is 13.9. The molecule has 0 spiro atoms. The molecule has 1 aliphatic heterocycles. The second-order valence-electron chi connectivity index (χ2n) is 8.14. The number of nitrogens with zero attached hydrogens (tertiary/aromatic N) is 1. The Morgan fingerprint density at radius 1 is 1.14 bits per heavy atom. The van der Waals surface area contributed by atoms with E-state index < -0.39 is 0 Å². The van der Waals surface area contributed by atoms with Crippen molar-refractivity contribution in [3.05, 3.63) is 29.8 Å². The van der Waals surface area contributed by atoms with Gasteiger partial charge in [0.05, 0.1) is 5.54 Å². The van der Waals surface area contributed by atoms with Crippen molar-refractivity contribution < 1.29 is 0 Å². The lowest BCUT2D eigenvalue weighted by atomic mass is 9.68. The molecule has 0 aromatic heterocycles. The SMILES string of the molecule is CC1Cc2ccccc2N(C2(CN)CCC(C)(C)CC2)C1. The van der Waals surface area contributed by atoms with Crippen LogP contribution < -0.4 is 10.6 Å². The molecule has 1 aromatic carbocycles. The molecule has 116 valence electrons. The van der Waals surface area contributed by atoms with Crippen molar-refractivity contribution in [1.29, 1.82) is 0 Å². The summed E-state index contributed by atoms with van der Waals surface area (Å²) < 4.78 is 0. The van der Waals surface area contributed by atoms with E-state index in [2.05, 4.69) is 49.9 Å². The largest absolute Gasteiger partial charge is 0.364 e. The fraction of sp³-hybridized carbons (Fsp3) is 0.684. The predicted molar refractivity (Wildman–Crippen MR) is 90.7 cm³/mol. The smallest absolute Gasteiger partial charge is 0.0524 e. The van der Waals surface area contributed by atoms with Crippen LogP contribution in [0.4, 0.5) is 5.69 Å². The quantitative estimate of drug-likeness (QED) is 0.891. The summed E-state index contributed by atoms with van der Waals surface area (Å²) in [7, 11) is 0. The van der Waals surface area contributed by atoms with Crippen LogP contribution in [0.3, 0.4) is 0 Å². The highest BCUT2D eigenvalue weighted by molar-refractivity contribution is 5.58. The van der Waals surface area contributed by atoms with Crippen LogP contribution in [-0.2, 0) is 6.42 Å². The molecule has 2 N–H and O–H groups in total. The topological polar surface area (TPSA) is 29.3 Å². The van der Waals surface area contributed by atoms with E-state index in [1.54, 1.807) is 0 Å². The Labute approximate surface area is 129 Å². The van der Waals surface area contributed by atoms with E-state index in [-0.39, 0.29) is 5.54 Å². The number of hydrogen-bond donors (Lipinski definition) is 1. The number of para-hydroxylation sites is 1. The molecule has 1 aliphatic carbocycles. The summed E-state index contributed by atoms with van der Waals surface area (Å²) in [6.45, 7) is 9.12. The standard InChI is InChI=1S/C19H30N2/c1-15-12-16-6-4-5-7-17(16)21(13-15)19(14-20)10-8-18(2,3)9-11-19/h4-7,15H,8-14,20H2,1-3H3. The minimum atomic E-state index is 0.181. The van der Waals surface area contributed by atoms with Gasteiger partial charge in [-0.2, -0.15) is 0 Å². The third-order valence-corrected chi connectivity index (χ3v) is 5.83. The average Bonchev–Trinajstić information content (AvgIpc) is 2.47. The lowest BCUT2D eigenvalue weighted by Crippen LogP contribution is -2.59. The second kappa shape index (κ2) is 5.31. The molecule has 21 heavy (non-hydrogen) atoms. The molecule has 1 atom stereocenters. The summed E-state index contributed by atoms with van der Waals surface area (Å²) in [5, 5.41) is 0. The van der Waals surface area contributed by atoms with Crippen LogP contribution >= 0.6 is 0 Å². The van der Waals surface area contributed by atoms with Crippen LogP contribution in [0.15, 0.2) is 24.3 Å². The summed E-state index contributed by atoms with van der Waals surface area (Å²) in [5.74, 6) is 0.721. The van der Waals surface area contributed by atoms with Crippen molar-refractivity contribution >= 4 is 5.69 Å². The Morgan fingerprint density at radius 3 is 2.48 bits per heavy atom. The van der Waals surface area contributed by atoms with Crippen molar-refractivity contribution in [2.24, 2.45) is 17.1 Å². The molecule has 1 unspecified atom stereocenters. The van der Waals surface area contributed by atoms with E-state index in [9.17, 15) is 0 Å². The van der Waals surface area contributed by atoms with Gasteiger partial charge in [0.2, 0.25) is 0 Å². The molecular weight excluding hydrogens is 256 g/mol. The molecule has 2 nitrogen and oxygen atoms in total. The summed E-state index contributed by atoms with van der Waals surface area (Å²) in [6, 6.07) is 8.96. The van der Waals surface area contributed by atoms with E-state index in [4.69, 9.17) is 5.73 Å². The molecule has 0 radical (unpaired) electrons. The van der Waals surface area contributed by atoms with Gasteiger partial charge in [-0.25, -0.2) is 0 Å². The number of hydrogen-bond acceptors (Lipinski definition) is 2. The van der Waals surface area contributed by atoms with Gasteiger partial charge in [-0.05, 0) is 55.1 Å². The van der Waals surface area contributed by atoms with E-state index >= 15 is 0 Å². The Balaban J connectivity index is 1.94. The van der Waals surface area contributed by atoms with Gasteiger partial charge >= 0.3 is 0 Å². The summed E-state index contributed by atoms with van der Waals surface area (Å²) in [5.41, 5.74) is 9.94. The second-order valence-corrected chi connectivity index (χ2v) is 8.14. The molecule has 1 saturated carbocycles. The number of anilines is 1.